The highest BCUT2D eigenvalue weighted by atomic mass is 127. The molecule has 5 aromatic rings. The SMILES string of the molecule is CCOC(=O)[C@@H](Cc1ccccc1OCc1ccnc(-c2cc(F)ccc2OC)n1)Oc1nsc2cnc(Cl)c(I)c12. The average molecular weight is 721 g/mol. The molecule has 0 aliphatic heterocycles. The second-order valence-electron chi connectivity index (χ2n) is 8.77. The van der Waals surface area contributed by atoms with Crippen molar-refractivity contribution in [3.63, 3.8) is 0 Å². The lowest BCUT2D eigenvalue weighted by molar-refractivity contribution is -0.151. The largest absolute Gasteiger partial charge is 0.496 e. The van der Waals surface area contributed by atoms with E-state index >= 15 is 0 Å². The minimum atomic E-state index is -1.01. The topological polar surface area (TPSA) is 106 Å². The fourth-order valence-corrected chi connectivity index (χ4v) is 5.78. The molecule has 0 bridgehead atoms. The van der Waals surface area contributed by atoms with E-state index in [1.807, 2.05) is 18.2 Å². The second-order valence-corrected chi connectivity index (χ2v) is 11.0. The Morgan fingerprint density at radius 3 is 2.79 bits per heavy atom. The molecular formula is C29H23ClFIN4O5S. The maximum atomic E-state index is 13.9. The summed E-state index contributed by atoms with van der Waals surface area (Å²) in [4.78, 5) is 26.0. The smallest absolute Gasteiger partial charge is 0.347 e. The van der Waals surface area contributed by atoms with Crippen LogP contribution in [-0.2, 0) is 22.6 Å². The molecule has 0 aliphatic rings. The maximum absolute atomic E-state index is 13.9. The Morgan fingerprint density at radius 1 is 1.14 bits per heavy atom. The van der Waals surface area contributed by atoms with Gasteiger partial charge in [-0.15, -0.1) is 0 Å². The van der Waals surface area contributed by atoms with Crippen LogP contribution in [0.4, 0.5) is 4.39 Å². The van der Waals surface area contributed by atoms with Crippen molar-refractivity contribution in [2.75, 3.05) is 13.7 Å². The van der Waals surface area contributed by atoms with Crippen LogP contribution in [0.1, 0.15) is 18.2 Å². The third-order valence-electron chi connectivity index (χ3n) is 6.06. The molecule has 0 saturated heterocycles. The van der Waals surface area contributed by atoms with Crippen molar-refractivity contribution in [2.24, 2.45) is 0 Å². The number of benzene rings is 2. The number of pyridine rings is 1. The predicted molar refractivity (Wildman–Crippen MR) is 165 cm³/mol. The van der Waals surface area contributed by atoms with Gasteiger partial charge in [0.15, 0.2) is 5.82 Å². The number of carbonyl (C=O) groups excluding carboxylic acids is 1. The first kappa shape index (κ1) is 29.9. The van der Waals surface area contributed by atoms with Crippen LogP contribution in [0.15, 0.2) is 60.9 Å². The highest BCUT2D eigenvalue weighted by Gasteiger charge is 2.27. The van der Waals surface area contributed by atoms with Gasteiger partial charge in [-0.2, -0.15) is 4.37 Å². The first-order valence-electron chi connectivity index (χ1n) is 12.7. The van der Waals surface area contributed by atoms with Crippen LogP contribution in [0.25, 0.3) is 21.5 Å². The van der Waals surface area contributed by atoms with Gasteiger partial charge in [-0.3, -0.25) is 0 Å². The van der Waals surface area contributed by atoms with Gasteiger partial charge in [0, 0.05) is 18.8 Å². The first-order chi connectivity index (χ1) is 20.4. The van der Waals surface area contributed by atoms with Crippen molar-refractivity contribution in [2.45, 2.75) is 26.1 Å². The second kappa shape index (κ2) is 13.6. The molecule has 0 fully saturated rings. The van der Waals surface area contributed by atoms with Gasteiger partial charge in [-0.25, -0.2) is 24.1 Å². The Hall–Kier alpha value is -3.62. The highest BCUT2D eigenvalue weighted by molar-refractivity contribution is 14.1. The number of rotatable bonds is 11. The van der Waals surface area contributed by atoms with Crippen LogP contribution in [0.5, 0.6) is 17.4 Å². The number of ether oxygens (including phenoxy) is 4. The first-order valence-corrected chi connectivity index (χ1v) is 14.9. The van der Waals surface area contributed by atoms with E-state index in [0.717, 1.165) is 4.70 Å². The third kappa shape index (κ3) is 6.71. The van der Waals surface area contributed by atoms with E-state index in [9.17, 15) is 9.18 Å². The van der Waals surface area contributed by atoms with Crippen LogP contribution >= 0.6 is 45.7 Å². The van der Waals surface area contributed by atoms with E-state index in [2.05, 4.69) is 41.9 Å². The minimum Gasteiger partial charge on any atom is -0.496 e. The van der Waals surface area contributed by atoms with Gasteiger partial charge in [0.25, 0.3) is 0 Å². The van der Waals surface area contributed by atoms with Crippen LogP contribution < -0.4 is 14.2 Å². The third-order valence-corrected chi connectivity index (χ3v) is 8.47. The zero-order valence-corrected chi connectivity index (χ0v) is 26.1. The number of aromatic nitrogens is 4. The summed E-state index contributed by atoms with van der Waals surface area (Å²) in [6, 6.07) is 13.2. The van der Waals surface area contributed by atoms with Gasteiger partial charge < -0.3 is 18.9 Å². The summed E-state index contributed by atoms with van der Waals surface area (Å²) in [5.74, 6) is 0.602. The average Bonchev–Trinajstić information content (AvgIpc) is 3.41. The summed E-state index contributed by atoms with van der Waals surface area (Å²) in [5, 5.41) is 1.01. The summed E-state index contributed by atoms with van der Waals surface area (Å²) >= 11 is 9.52. The normalized spacial score (nSPS) is 11.7. The summed E-state index contributed by atoms with van der Waals surface area (Å²) in [5.41, 5.74) is 1.70. The quantitative estimate of drug-likeness (QED) is 0.0839. The van der Waals surface area contributed by atoms with Gasteiger partial charge >= 0.3 is 5.97 Å². The molecule has 0 aliphatic carbocycles. The molecule has 0 amide bonds. The standard InChI is InChI=1S/C29H23ClFIN4O5S/c1-3-39-29(37)22(41-28-24-23(42-36-28)14-34-26(30)25(24)32)12-16-6-4-5-7-20(16)40-15-18-10-11-33-27(35-18)19-13-17(31)8-9-21(19)38-2/h4-11,13-14,22H,3,12,15H2,1-2H3/t22-/m1/s1. The molecule has 5 rings (SSSR count). The fourth-order valence-electron chi connectivity index (χ4n) is 4.10. The lowest BCUT2D eigenvalue weighted by Crippen LogP contribution is -2.32. The lowest BCUT2D eigenvalue weighted by atomic mass is 10.1. The molecule has 9 nitrogen and oxygen atoms in total. The van der Waals surface area contributed by atoms with Crippen molar-refractivity contribution in [3.05, 3.63) is 86.7 Å². The Balaban J connectivity index is 1.37. The van der Waals surface area contributed by atoms with E-state index in [4.69, 9.17) is 30.5 Å². The fraction of sp³-hybridized carbons (Fsp3) is 0.207. The van der Waals surface area contributed by atoms with Gasteiger partial charge in [0.2, 0.25) is 12.0 Å². The van der Waals surface area contributed by atoms with Gasteiger partial charge in [-0.05, 0) is 76.9 Å². The number of fused-ring (bicyclic) bond motifs is 1. The van der Waals surface area contributed by atoms with Gasteiger partial charge in [-0.1, -0.05) is 29.8 Å². The van der Waals surface area contributed by atoms with Gasteiger partial charge in [0.05, 0.1) is 38.6 Å². The molecule has 42 heavy (non-hydrogen) atoms. The molecule has 13 heteroatoms. The maximum Gasteiger partial charge on any atom is 0.347 e. The van der Waals surface area contributed by atoms with Crippen molar-refractivity contribution in [1.29, 1.82) is 0 Å². The Kier molecular flexibility index (Phi) is 9.65. The van der Waals surface area contributed by atoms with E-state index in [0.29, 0.717) is 48.3 Å². The van der Waals surface area contributed by atoms with Crippen LogP contribution in [0.3, 0.4) is 0 Å². The molecular weight excluding hydrogens is 698 g/mol. The number of carbonyl (C=O) groups is 1. The molecule has 1 atom stereocenters. The number of nitrogens with zero attached hydrogens (tertiary/aromatic N) is 4. The number of esters is 1. The Bertz CT molecular complexity index is 1740. The summed E-state index contributed by atoms with van der Waals surface area (Å²) < 4.78 is 42.7. The number of hydrogen-bond donors (Lipinski definition) is 0. The van der Waals surface area contributed by atoms with E-state index in [1.165, 1.54) is 36.8 Å². The summed E-state index contributed by atoms with van der Waals surface area (Å²) in [7, 11) is 1.50. The molecule has 0 saturated carbocycles. The molecule has 0 unspecified atom stereocenters. The zero-order valence-electron chi connectivity index (χ0n) is 22.3. The van der Waals surface area contributed by atoms with Crippen LogP contribution in [-0.4, -0.2) is 45.1 Å². The number of hydrogen-bond acceptors (Lipinski definition) is 10. The summed E-state index contributed by atoms with van der Waals surface area (Å²) in [6.07, 6.45) is 2.34. The molecule has 3 aromatic heterocycles. The number of methoxy groups -OCH3 is 1. The van der Waals surface area contributed by atoms with Crippen molar-refractivity contribution in [1.82, 2.24) is 19.3 Å². The molecule has 0 spiro atoms. The highest BCUT2D eigenvalue weighted by Crippen LogP contribution is 2.36. The monoisotopic (exact) mass is 720 g/mol. The lowest BCUT2D eigenvalue weighted by Gasteiger charge is -2.19. The predicted octanol–water partition coefficient (Wildman–Crippen LogP) is 6.69. The molecule has 2 aromatic carbocycles. The van der Waals surface area contributed by atoms with Crippen LogP contribution in [0, 0.1) is 9.39 Å². The molecule has 0 N–H and O–H groups in total. The Morgan fingerprint density at radius 2 is 1.98 bits per heavy atom. The minimum absolute atomic E-state index is 0.0928. The molecule has 3 heterocycles. The van der Waals surface area contributed by atoms with Crippen LogP contribution in [0.2, 0.25) is 5.15 Å². The molecule has 216 valence electrons. The van der Waals surface area contributed by atoms with E-state index in [-0.39, 0.29) is 25.5 Å². The summed E-state index contributed by atoms with van der Waals surface area (Å²) in [6.45, 7) is 2.01. The Labute approximate surface area is 263 Å². The number of para-hydroxylation sites is 1. The van der Waals surface area contributed by atoms with Crippen molar-refractivity contribution >= 4 is 61.8 Å². The van der Waals surface area contributed by atoms with Crippen molar-refractivity contribution in [3.8, 4) is 28.8 Å². The number of halogens is 3. The van der Waals surface area contributed by atoms with Crippen molar-refractivity contribution < 1.29 is 28.1 Å². The van der Waals surface area contributed by atoms with E-state index < -0.39 is 17.9 Å². The van der Waals surface area contributed by atoms with Gasteiger partial charge in [0.1, 0.15) is 29.1 Å². The molecule has 0 radical (unpaired) electrons. The van der Waals surface area contributed by atoms with E-state index in [1.54, 1.807) is 31.5 Å². The zero-order chi connectivity index (χ0) is 29.6.